The number of ether oxygens (including phenoxy) is 1. The van der Waals surface area contributed by atoms with Gasteiger partial charge in [0.25, 0.3) is 5.56 Å². The van der Waals surface area contributed by atoms with E-state index in [1.165, 1.54) is 11.8 Å². The van der Waals surface area contributed by atoms with Gasteiger partial charge < -0.3 is 9.30 Å². The van der Waals surface area contributed by atoms with Gasteiger partial charge in [-0.15, -0.1) is 0 Å². The van der Waals surface area contributed by atoms with Gasteiger partial charge in [0.2, 0.25) is 0 Å². The van der Waals surface area contributed by atoms with E-state index in [0.29, 0.717) is 16.7 Å². The van der Waals surface area contributed by atoms with Crippen LogP contribution in [0.3, 0.4) is 0 Å². The topological polar surface area (TPSA) is 78.5 Å². The second kappa shape index (κ2) is 9.31. The van der Waals surface area contributed by atoms with E-state index in [1.54, 1.807) is 12.3 Å². The zero-order valence-corrected chi connectivity index (χ0v) is 20.6. The Bertz CT molecular complexity index is 1450. The van der Waals surface area contributed by atoms with Crippen molar-refractivity contribution < 1.29 is 9.53 Å². The molecule has 0 amide bonds. The smallest absolute Gasteiger partial charge is 0.325 e. The molecule has 0 fully saturated rings. The van der Waals surface area contributed by atoms with Crippen LogP contribution < -0.4 is 5.56 Å². The Morgan fingerprint density at radius 1 is 1.24 bits per heavy atom. The van der Waals surface area contributed by atoms with Crippen molar-refractivity contribution in [2.24, 2.45) is 5.10 Å². The Morgan fingerprint density at radius 3 is 2.73 bits per heavy atom. The van der Waals surface area contributed by atoms with E-state index in [1.807, 2.05) is 54.8 Å². The number of para-hydroxylation sites is 1. The van der Waals surface area contributed by atoms with Gasteiger partial charge in [-0.05, 0) is 37.6 Å². The first kappa shape index (κ1) is 22.9. The van der Waals surface area contributed by atoms with Gasteiger partial charge in [-0.3, -0.25) is 9.59 Å². The minimum atomic E-state index is -0.332. The molecule has 0 aliphatic rings. The van der Waals surface area contributed by atoms with E-state index >= 15 is 0 Å². The molecule has 0 bridgehead atoms. The van der Waals surface area contributed by atoms with Crippen LogP contribution in [0.1, 0.15) is 43.3 Å². The maximum Gasteiger partial charge on any atom is 0.325 e. The molecule has 0 aliphatic heterocycles. The fourth-order valence-corrected chi connectivity index (χ4v) is 4.27. The summed E-state index contributed by atoms with van der Waals surface area (Å²) in [6.07, 6.45) is 2.51. The third kappa shape index (κ3) is 4.23. The average molecular weight is 509 g/mol. The second-order valence-electron chi connectivity index (χ2n) is 7.98. The molecule has 0 aliphatic carbocycles. The minimum Gasteiger partial charge on any atom is -0.468 e. The number of hydrogen-bond acceptors (Lipinski definition) is 5. The van der Waals surface area contributed by atoms with Crippen LogP contribution in [0, 0.1) is 6.92 Å². The molecule has 0 saturated carbocycles. The molecule has 0 saturated heterocycles. The summed E-state index contributed by atoms with van der Waals surface area (Å²) < 4.78 is 8.97. The van der Waals surface area contributed by atoms with Gasteiger partial charge in [0.05, 0.1) is 24.2 Å². The lowest BCUT2D eigenvalue weighted by molar-refractivity contribution is -0.141. The van der Waals surface area contributed by atoms with E-state index in [-0.39, 0.29) is 24.0 Å². The molecule has 2 aromatic carbocycles. The monoisotopic (exact) mass is 508 g/mol. The number of carbonyl (C=O) groups is 1. The third-order valence-corrected chi connectivity index (χ3v) is 6.48. The molecule has 7 nitrogen and oxygen atoms in total. The number of nitrogens with zero attached hydrogens (tertiary/aromatic N) is 4. The Morgan fingerprint density at radius 2 is 2.00 bits per heavy atom. The summed E-state index contributed by atoms with van der Waals surface area (Å²) in [4.78, 5) is 30.1. The summed E-state index contributed by atoms with van der Waals surface area (Å²) in [6.45, 7) is 6.12. The normalized spacial score (nSPS) is 12.6. The van der Waals surface area contributed by atoms with Gasteiger partial charge in [-0.1, -0.05) is 48.0 Å². The van der Waals surface area contributed by atoms with Crippen LogP contribution >= 0.6 is 15.9 Å². The highest BCUT2D eigenvalue weighted by Crippen LogP contribution is 2.25. The van der Waals surface area contributed by atoms with Crippen molar-refractivity contribution in [3.63, 3.8) is 0 Å². The number of esters is 1. The number of halogens is 1. The molecule has 170 valence electrons. The molecule has 0 radical (unpaired) electrons. The van der Waals surface area contributed by atoms with Gasteiger partial charge in [0.1, 0.15) is 12.4 Å². The predicted molar refractivity (Wildman–Crippen MR) is 134 cm³/mol. The lowest BCUT2D eigenvalue weighted by Gasteiger charge is -2.14. The van der Waals surface area contributed by atoms with Crippen molar-refractivity contribution in [3.05, 3.63) is 74.4 Å². The number of benzene rings is 2. The van der Waals surface area contributed by atoms with Crippen LogP contribution in [-0.2, 0) is 16.1 Å². The van der Waals surface area contributed by atoms with E-state index < -0.39 is 0 Å². The molecule has 0 unspecified atom stereocenters. The van der Waals surface area contributed by atoms with E-state index in [4.69, 9.17) is 9.72 Å². The lowest BCUT2D eigenvalue weighted by atomic mass is 10.1. The largest absolute Gasteiger partial charge is 0.468 e. The average Bonchev–Trinajstić information content (AvgIpc) is 3.08. The van der Waals surface area contributed by atoms with Crippen molar-refractivity contribution in [1.29, 1.82) is 0 Å². The molecular formula is C25H25BrN4O3. The standard InChI is InChI=1S/C25H25BrN4O3/c1-5-15(2)24-28-21-11-10-17(26)12-19(21)25(32)30(24)27-13-20-16(3)29(14-23(31)33-4)22-9-7-6-8-18(20)22/h6-13,15H,5,14H2,1-4H3/t15-/m0/s1. The molecule has 0 spiro atoms. The number of carbonyl (C=O) groups excluding carboxylic acids is 1. The Kier molecular flexibility index (Phi) is 6.47. The predicted octanol–water partition coefficient (Wildman–Crippen LogP) is 4.99. The van der Waals surface area contributed by atoms with Crippen molar-refractivity contribution in [1.82, 2.24) is 14.2 Å². The van der Waals surface area contributed by atoms with Crippen molar-refractivity contribution >= 4 is 49.9 Å². The minimum absolute atomic E-state index is 0.0460. The first-order chi connectivity index (χ1) is 15.8. The lowest BCUT2D eigenvalue weighted by Crippen LogP contribution is -2.23. The Labute approximate surface area is 199 Å². The number of methoxy groups -OCH3 is 1. The van der Waals surface area contributed by atoms with Gasteiger partial charge >= 0.3 is 5.97 Å². The zero-order chi connectivity index (χ0) is 23.7. The number of rotatable bonds is 6. The van der Waals surface area contributed by atoms with E-state index in [0.717, 1.165) is 33.1 Å². The van der Waals surface area contributed by atoms with E-state index in [9.17, 15) is 9.59 Å². The van der Waals surface area contributed by atoms with E-state index in [2.05, 4.69) is 28.0 Å². The second-order valence-corrected chi connectivity index (χ2v) is 8.90. The summed E-state index contributed by atoms with van der Waals surface area (Å²) in [6, 6.07) is 13.3. The Balaban J connectivity index is 1.92. The molecule has 33 heavy (non-hydrogen) atoms. The summed E-state index contributed by atoms with van der Waals surface area (Å²) in [5.41, 5.74) is 3.03. The summed E-state index contributed by atoms with van der Waals surface area (Å²) in [5, 5.41) is 6.06. The first-order valence-electron chi connectivity index (χ1n) is 10.8. The SMILES string of the molecule is CC[C@H](C)c1nc2ccc(Br)cc2c(=O)n1N=Cc1c(C)n(CC(=O)OC)c2ccccc12. The van der Waals surface area contributed by atoms with Gasteiger partial charge in [-0.2, -0.15) is 9.78 Å². The number of hydrogen-bond donors (Lipinski definition) is 0. The van der Waals surface area contributed by atoms with Crippen LogP contribution in [0.5, 0.6) is 0 Å². The van der Waals surface area contributed by atoms with Crippen molar-refractivity contribution in [2.75, 3.05) is 7.11 Å². The quantitative estimate of drug-likeness (QED) is 0.271. The molecule has 8 heteroatoms. The van der Waals surface area contributed by atoms with Crippen molar-refractivity contribution in [2.45, 2.75) is 39.7 Å². The van der Waals surface area contributed by atoms with Gasteiger partial charge in [0, 0.05) is 32.6 Å². The Hall–Kier alpha value is -3.26. The van der Waals surface area contributed by atoms with Gasteiger partial charge in [0.15, 0.2) is 0 Å². The van der Waals surface area contributed by atoms with Crippen LogP contribution in [-0.4, -0.2) is 33.5 Å². The molecule has 2 heterocycles. The van der Waals surface area contributed by atoms with Crippen molar-refractivity contribution in [3.8, 4) is 0 Å². The summed E-state index contributed by atoms with van der Waals surface area (Å²) in [5.74, 6) is 0.330. The highest BCUT2D eigenvalue weighted by molar-refractivity contribution is 9.10. The fourth-order valence-electron chi connectivity index (χ4n) is 3.91. The summed E-state index contributed by atoms with van der Waals surface area (Å²) >= 11 is 3.44. The molecule has 2 aromatic heterocycles. The molecule has 1 atom stereocenters. The maximum absolute atomic E-state index is 13.4. The van der Waals surface area contributed by atoms with Crippen LogP contribution in [0.15, 0.2) is 56.8 Å². The highest BCUT2D eigenvalue weighted by atomic mass is 79.9. The number of aromatic nitrogens is 3. The van der Waals surface area contributed by atoms with Crippen LogP contribution in [0.25, 0.3) is 21.8 Å². The molecule has 4 rings (SSSR count). The molecule has 4 aromatic rings. The first-order valence-corrected chi connectivity index (χ1v) is 11.6. The molecular weight excluding hydrogens is 484 g/mol. The fraction of sp³-hybridized carbons (Fsp3) is 0.280. The highest BCUT2D eigenvalue weighted by Gasteiger charge is 2.18. The van der Waals surface area contributed by atoms with Crippen LogP contribution in [0.2, 0.25) is 0 Å². The number of fused-ring (bicyclic) bond motifs is 2. The molecule has 0 N–H and O–H groups in total. The van der Waals surface area contributed by atoms with Crippen LogP contribution in [0.4, 0.5) is 0 Å². The maximum atomic E-state index is 13.4. The zero-order valence-electron chi connectivity index (χ0n) is 19.0. The summed E-state index contributed by atoms with van der Waals surface area (Å²) in [7, 11) is 1.37. The third-order valence-electron chi connectivity index (χ3n) is 5.98. The van der Waals surface area contributed by atoms with Gasteiger partial charge in [-0.25, -0.2) is 4.98 Å².